The predicted octanol–water partition coefficient (Wildman–Crippen LogP) is 1.28. The molecule has 0 radical (unpaired) electrons. The quantitative estimate of drug-likeness (QED) is 0.488. The third-order valence-corrected chi connectivity index (χ3v) is 3.21. The van der Waals surface area contributed by atoms with Crippen LogP contribution in [-0.4, -0.2) is 40.5 Å². The number of carbonyl (C=O) groups excluding carboxylic acids is 1. The Bertz CT molecular complexity index is 460. The van der Waals surface area contributed by atoms with Gasteiger partial charge in [0.2, 0.25) is 0 Å². The Hall–Kier alpha value is -1.69. The van der Waals surface area contributed by atoms with Crippen LogP contribution in [0.25, 0.3) is 0 Å². The first-order valence-electron chi connectivity index (χ1n) is 6.09. The second-order valence-corrected chi connectivity index (χ2v) is 4.46. The van der Waals surface area contributed by atoms with E-state index in [0.717, 1.165) is 0 Å². The number of rotatable bonds is 4. The van der Waals surface area contributed by atoms with Crippen molar-refractivity contribution in [3.05, 3.63) is 48.0 Å². The summed E-state index contributed by atoms with van der Waals surface area (Å²) in [7, 11) is 1.57. The van der Waals surface area contributed by atoms with Crippen LogP contribution in [-0.2, 0) is 9.53 Å². The van der Waals surface area contributed by atoms with Crippen LogP contribution in [0.4, 0.5) is 0 Å². The minimum atomic E-state index is -1.36. The Kier molecular flexibility index (Phi) is 4.31. The van der Waals surface area contributed by atoms with Gasteiger partial charge in [-0.15, -0.1) is 0 Å². The topological polar surface area (TPSA) is 70.0 Å². The average molecular weight is 263 g/mol. The van der Waals surface area contributed by atoms with Crippen LogP contribution in [0.2, 0.25) is 0 Å². The molecule has 0 aromatic heterocycles. The highest BCUT2D eigenvalue weighted by molar-refractivity contribution is 5.81. The first-order valence-corrected chi connectivity index (χ1v) is 6.09. The van der Waals surface area contributed by atoms with Gasteiger partial charge in [-0.3, -0.25) is 10.0 Å². The van der Waals surface area contributed by atoms with Crippen molar-refractivity contribution in [3.63, 3.8) is 0 Å². The van der Waals surface area contributed by atoms with E-state index in [1.807, 2.05) is 0 Å². The molecule has 0 fully saturated rings. The maximum absolute atomic E-state index is 12.0. The van der Waals surface area contributed by atoms with Gasteiger partial charge in [-0.2, -0.15) is 0 Å². The zero-order valence-electron chi connectivity index (χ0n) is 10.6. The summed E-state index contributed by atoms with van der Waals surface area (Å²) < 4.78 is 5.12. The lowest BCUT2D eigenvalue weighted by Gasteiger charge is -2.24. The Balaban J connectivity index is 2.02. The molecule has 0 aliphatic heterocycles. The molecule has 3 atom stereocenters. The zero-order valence-corrected chi connectivity index (χ0v) is 10.6. The van der Waals surface area contributed by atoms with Crippen molar-refractivity contribution >= 4 is 5.91 Å². The number of ether oxygens (including phenoxy) is 1. The number of nitrogens with zero attached hydrogens (tertiary/aromatic N) is 1. The Morgan fingerprint density at radius 2 is 2.05 bits per heavy atom. The molecule has 0 saturated heterocycles. The third kappa shape index (κ3) is 3.01. The monoisotopic (exact) mass is 263 g/mol. The smallest absolute Gasteiger partial charge is 0.279 e. The van der Waals surface area contributed by atoms with Crippen molar-refractivity contribution in [2.24, 2.45) is 0 Å². The first kappa shape index (κ1) is 13.7. The molecule has 1 aliphatic rings. The van der Waals surface area contributed by atoms with Crippen molar-refractivity contribution in [2.45, 2.75) is 24.7 Å². The van der Waals surface area contributed by atoms with E-state index in [9.17, 15) is 15.1 Å². The molecule has 1 aliphatic carbocycles. The normalized spacial score (nSPS) is 23.3. The van der Waals surface area contributed by atoms with Crippen LogP contribution >= 0.6 is 0 Å². The van der Waals surface area contributed by atoms with Crippen LogP contribution in [0.3, 0.4) is 0 Å². The maximum Gasteiger partial charge on any atom is 0.279 e. The molecule has 0 unspecified atom stereocenters. The highest BCUT2D eigenvalue weighted by atomic mass is 16.5. The zero-order chi connectivity index (χ0) is 13.8. The molecule has 0 saturated carbocycles. The van der Waals surface area contributed by atoms with Crippen molar-refractivity contribution < 1.29 is 19.8 Å². The summed E-state index contributed by atoms with van der Waals surface area (Å²) in [5, 5.41) is 20.4. The van der Waals surface area contributed by atoms with Crippen molar-refractivity contribution in [1.29, 1.82) is 0 Å². The first-order chi connectivity index (χ1) is 9.13. The van der Waals surface area contributed by atoms with Crippen molar-refractivity contribution in [1.82, 2.24) is 5.06 Å². The summed E-state index contributed by atoms with van der Waals surface area (Å²) in [6.07, 6.45) is 2.50. The van der Waals surface area contributed by atoms with E-state index in [-0.39, 0.29) is 6.10 Å². The van der Waals surface area contributed by atoms with Crippen LogP contribution in [0.1, 0.15) is 18.1 Å². The number of benzene rings is 1. The van der Waals surface area contributed by atoms with Gasteiger partial charge < -0.3 is 9.84 Å². The van der Waals surface area contributed by atoms with Gasteiger partial charge in [-0.1, -0.05) is 42.5 Å². The van der Waals surface area contributed by atoms with E-state index < -0.39 is 18.1 Å². The molecule has 0 bridgehead atoms. The fraction of sp³-hybridized carbons (Fsp3) is 0.357. The highest BCUT2D eigenvalue weighted by Crippen LogP contribution is 2.22. The lowest BCUT2D eigenvalue weighted by molar-refractivity contribution is -0.182. The van der Waals surface area contributed by atoms with Gasteiger partial charge in [-0.05, 0) is 5.56 Å². The molecule has 19 heavy (non-hydrogen) atoms. The highest BCUT2D eigenvalue weighted by Gasteiger charge is 2.31. The SMILES string of the molecule is CO[C@@H]1C=C[C@@H](N(O)C(=O)[C@H](O)c2ccccc2)C1. The maximum atomic E-state index is 12.0. The summed E-state index contributed by atoms with van der Waals surface area (Å²) in [5.74, 6) is -0.738. The van der Waals surface area contributed by atoms with Gasteiger partial charge in [0.15, 0.2) is 6.10 Å². The van der Waals surface area contributed by atoms with Crippen molar-refractivity contribution in [3.8, 4) is 0 Å². The molecule has 2 rings (SSSR count). The molecule has 1 aromatic rings. The predicted molar refractivity (Wildman–Crippen MR) is 68.4 cm³/mol. The summed E-state index contributed by atoms with van der Waals surface area (Å²) in [5.41, 5.74) is 0.455. The molecule has 5 heteroatoms. The number of methoxy groups -OCH3 is 1. The van der Waals surface area contributed by atoms with Gasteiger partial charge in [0, 0.05) is 13.5 Å². The minimum Gasteiger partial charge on any atom is -0.378 e. The fourth-order valence-electron chi connectivity index (χ4n) is 2.07. The van der Waals surface area contributed by atoms with Crippen molar-refractivity contribution in [2.75, 3.05) is 7.11 Å². The van der Waals surface area contributed by atoms with E-state index in [1.165, 1.54) is 0 Å². The average Bonchev–Trinajstić information content (AvgIpc) is 2.94. The number of aliphatic hydroxyl groups is 1. The summed E-state index contributed by atoms with van der Waals surface area (Å²) >= 11 is 0. The van der Waals surface area contributed by atoms with Crippen LogP contribution < -0.4 is 0 Å². The molecule has 0 heterocycles. The largest absolute Gasteiger partial charge is 0.378 e. The van der Waals surface area contributed by atoms with E-state index >= 15 is 0 Å². The molecule has 1 amide bonds. The van der Waals surface area contributed by atoms with Gasteiger partial charge in [0.1, 0.15) is 0 Å². The van der Waals surface area contributed by atoms with Crippen LogP contribution in [0.15, 0.2) is 42.5 Å². The number of aliphatic hydroxyl groups excluding tert-OH is 1. The van der Waals surface area contributed by atoms with E-state index in [0.29, 0.717) is 17.0 Å². The molecular weight excluding hydrogens is 246 g/mol. The number of hydroxylamine groups is 2. The lowest BCUT2D eigenvalue weighted by Crippen LogP contribution is -2.39. The number of amides is 1. The van der Waals surface area contributed by atoms with Gasteiger partial charge in [-0.25, -0.2) is 5.06 Å². The van der Waals surface area contributed by atoms with Gasteiger partial charge in [0.05, 0.1) is 12.1 Å². The van der Waals surface area contributed by atoms with E-state index in [2.05, 4.69) is 0 Å². The minimum absolute atomic E-state index is 0.110. The Morgan fingerprint density at radius 1 is 1.37 bits per heavy atom. The van der Waals surface area contributed by atoms with Crippen LogP contribution in [0, 0.1) is 0 Å². The lowest BCUT2D eigenvalue weighted by atomic mass is 10.1. The Morgan fingerprint density at radius 3 is 2.63 bits per heavy atom. The van der Waals surface area contributed by atoms with Gasteiger partial charge >= 0.3 is 0 Å². The van der Waals surface area contributed by atoms with E-state index in [1.54, 1.807) is 49.6 Å². The summed E-state index contributed by atoms with van der Waals surface area (Å²) in [6.45, 7) is 0. The molecule has 1 aromatic carbocycles. The van der Waals surface area contributed by atoms with Gasteiger partial charge in [0.25, 0.3) is 5.91 Å². The number of hydrogen-bond acceptors (Lipinski definition) is 4. The van der Waals surface area contributed by atoms with Crippen LogP contribution in [0.5, 0.6) is 0 Å². The standard InChI is InChI=1S/C14H17NO4/c1-19-12-8-7-11(9-12)15(18)14(17)13(16)10-5-3-2-4-6-10/h2-8,11-13,16,18H,9H2,1H3/t11-,12-,13-/m1/s1. The summed E-state index contributed by atoms with van der Waals surface area (Å²) in [4.78, 5) is 12.0. The molecule has 2 N–H and O–H groups in total. The molecule has 102 valence electrons. The second-order valence-electron chi connectivity index (χ2n) is 4.46. The second kappa shape index (κ2) is 5.97. The number of carbonyl (C=O) groups is 1. The fourth-order valence-corrected chi connectivity index (χ4v) is 2.07. The molecule has 0 spiro atoms. The summed E-state index contributed by atoms with van der Waals surface area (Å²) in [6, 6.07) is 8.06. The van der Waals surface area contributed by atoms with E-state index in [4.69, 9.17) is 4.74 Å². The number of hydrogen-bond donors (Lipinski definition) is 2. The molecular formula is C14H17NO4. The molecule has 5 nitrogen and oxygen atoms in total. The Labute approximate surface area is 111 Å². The third-order valence-electron chi connectivity index (χ3n) is 3.21.